The Hall–Kier alpha value is -0.170. The Morgan fingerprint density at radius 2 is 1.95 bits per heavy atom. The Morgan fingerprint density at radius 3 is 2.77 bits per heavy atom. The maximum Gasteiger partial charge on any atom is 0.214 e. The van der Waals surface area contributed by atoms with Gasteiger partial charge in [0.25, 0.3) is 0 Å². The maximum atomic E-state index is 12.6. The van der Waals surface area contributed by atoms with Crippen molar-refractivity contribution in [1.82, 2.24) is 9.21 Å². The van der Waals surface area contributed by atoms with Crippen molar-refractivity contribution >= 4 is 10.0 Å². The highest BCUT2D eigenvalue weighted by atomic mass is 32.2. The molecule has 0 amide bonds. The fraction of sp³-hybridized carbons (Fsp3) is 1.00. The highest BCUT2D eigenvalue weighted by Crippen LogP contribution is 2.41. The molecule has 4 heterocycles. The summed E-state index contributed by atoms with van der Waals surface area (Å²) in [6.07, 6.45) is 6.85. The zero-order valence-electron chi connectivity index (χ0n) is 13.3. The number of nitrogens with zero attached hydrogens (tertiary/aromatic N) is 2. The average molecular weight is 328 g/mol. The predicted octanol–water partition coefficient (Wildman–Crippen LogP) is 1.30. The van der Waals surface area contributed by atoms with E-state index in [-0.39, 0.29) is 11.9 Å². The summed E-state index contributed by atoms with van der Waals surface area (Å²) in [5.74, 6) is 1.42. The molecule has 0 aromatic heterocycles. The molecule has 0 radical (unpaired) electrons. The highest BCUT2D eigenvalue weighted by molar-refractivity contribution is 7.89. The van der Waals surface area contributed by atoms with Crippen LogP contribution in [0.2, 0.25) is 0 Å². The summed E-state index contributed by atoms with van der Waals surface area (Å²) in [5.41, 5.74) is 0. The van der Waals surface area contributed by atoms with Crippen LogP contribution in [-0.4, -0.2) is 68.3 Å². The fourth-order valence-corrected chi connectivity index (χ4v) is 6.66. The third-order valence-electron chi connectivity index (χ3n) is 6.20. The van der Waals surface area contributed by atoms with E-state index in [0.29, 0.717) is 24.3 Å². The molecule has 6 heteroatoms. The van der Waals surface area contributed by atoms with E-state index >= 15 is 0 Å². The molecule has 5 nitrogen and oxygen atoms in total. The Bertz CT molecular complexity index is 504. The lowest BCUT2D eigenvalue weighted by Crippen LogP contribution is -2.41. The standard InChI is InChI=1S/C16H28N2O3S/c19-22(20,9-6-14-4-3-8-21-14)18-11-13-10-17-7-2-1-5-16(17)15(13)12-18/h13-16H,1-12H2/t13-,14-,15+,16+/m0/s1. The molecule has 126 valence electrons. The Labute approximate surface area is 134 Å². The summed E-state index contributed by atoms with van der Waals surface area (Å²) in [7, 11) is -3.09. The Morgan fingerprint density at radius 1 is 1.05 bits per heavy atom. The van der Waals surface area contributed by atoms with E-state index in [1.807, 2.05) is 0 Å². The summed E-state index contributed by atoms with van der Waals surface area (Å²) in [6.45, 7) is 4.66. The predicted molar refractivity (Wildman–Crippen MR) is 85.1 cm³/mol. The van der Waals surface area contributed by atoms with Gasteiger partial charge in [0.05, 0.1) is 11.9 Å². The fourth-order valence-electron chi connectivity index (χ4n) is 5.02. The first-order chi connectivity index (χ1) is 10.6. The van der Waals surface area contributed by atoms with Gasteiger partial charge in [-0.3, -0.25) is 4.90 Å². The molecule has 0 N–H and O–H groups in total. The van der Waals surface area contributed by atoms with Gasteiger partial charge in [0.2, 0.25) is 10.0 Å². The average Bonchev–Trinajstić information content (AvgIpc) is 3.21. The molecule has 0 aromatic rings. The lowest BCUT2D eigenvalue weighted by Gasteiger charge is -2.33. The first-order valence-corrected chi connectivity index (χ1v) is 10.6. The molecule has 0 bridgehead atoms. The number of rotatable bonds is 4. The van der Waals surface area contributed by atoms with E-state index in [1.54, 1.807) is 4.31 Å². The summed E-state index contributed by atoms with van der Waals surface area (Å²) < 4.78 is 32.6. The van der Waals surface area contributed by atoms with Crippen molar-refractivity contribution in [1.29, 1.82) is 0 Å². The van der Waals surface area contributed by atoms with E-state index in [9.17, 15) is 8.42 Å². The van der Waals surface area contributed by atoms with Crippen molar-refractivity contribution in [3.8, 4) is 0 Å². The molecule has 0 aliphatic carbocycles. The molecule has 4 atom stereocenters. The molecule has 22 heavy (non-hydrogen) atoms. The van der Waals surface area contributed by atoms with Gasteiger partial charge in [0.1, 0.15) is 0 Å². The number of sulfonamides is 1. The lowest BCUT2D eigenvalue weighted by molar-refractivity contribution is 0.108. The number of hydrogen-bond acceptors (Lipinski definition) is 4. The molecular formula is C16H28N2O3S. The second-order valence-electron chi connectivity index (χ2n) is 7.54. The van der Waals surface area contributed by atoms with Gasteiger partial charge in [-0.25, -0.2) is 12.7 Å². The van der Waals surface area contributed by atoms with Gasteiger partial charge >= 0.3 is 0 Å². The van der Waals surface area contributed by atoms with Gasteiger partial charge in [-0.1, -0.05) is 6.42 Å². The SMILES string of the molecule is O=S(=O)(CC[C@@H]1CCCO1)N1C[C@@H]2CN3CCCC[C@@H]3[C@@H]2C1. The first-order valence-electron chi connectivity index (χ1n) is 8.97. The smallest absolute Gasteiger partial charge is 0.214 e. The van der Waals surface area contributed by atoms with Crippen LogP contribution in [0.1, 0.15) is 38.5 Å². The van der Waals surface area contributed by atoms with Crippen molar-refractivity contribution < 1.29 is 13.2 Å². The van der Waals surface area contributed by atoms with Crippen LogP contribution in [0.5, 0.6) is 0 Å². The van der Waals surface area contributed by atoms with Gasteiger partial charge in [-0.05, 0) is 50.5 Å². The number of piperidine rings is 1. The minimum absolute atomic E-state index is 0.172. The van der Waals surface area contributed by atoms with E-state index in [2.05, 4.69) is 4.90 Å². The van der Waals surface area contributed by atoms with Crippen LogP contribution in [0.15, 0.2) is 0 Å². The minimum Gasteiger partial charge on any atom is -0.378 e. The van der Waals surface area contributed by atoms with Gasteiger partial charge in [-0.2, -0.15) is 0 Å². The van der Waals surface area contributed by atoms with E-state index in [4.69, 9.17) is 4.74 Å². The molecule has 4 rings (SSSR count). The van der Waals surface area contributed by atoms with Crippen molar-refractivity contribution in [3.05, 3.63) is 0 Å². The molecule has 0 saturated carbocycles. The number of hydrogen-bond donors (Lipinski definition) is 0. The minimum atomic E-state index is -3.09. The van der Waals surface area contributed by atoms with E-state index in [1.165, 1.54) is 25.8 Å². The van der Waals surface area contributed by atoms with Crippen LogP contribution in [0.25, 0.3) is 0 Å². The van der Waals surface area contributed by atoms with E-state index in [0.717, 1.165) is 39.1 Å². The van der Waals surface area contributed by atoms with Gasteiger partial charge in [-0.15, -0.1) is 0 Å². The highest BCUT2D eigenvalue weighted by Gasteiger charge is 2.49. The monoisotopic (exact) mass is 328 g/mol. The number of fused-ring (bicyclic) bond motifs is 3. The third kappa shape index (κ3) is 2.83. The Balaban J connectivity index is 1.36. The van der Waals surface area contributed by atoms with Crippen LogP contribution in [0, 0.1) is 11.8 Å². The van der Waals surface area contributed by atoms with Crippen LogP contribution in [0.3, 0.4) is 0 Å². The second-order valence-corrected chi connectivity index (χ2v) is 9.63. The molecule has 4 aliphatic rings. The number of ether oxygens (including phenoxy) is 1. The van der Waals surface area contributed by atoms with Crippen LogP contribution >= 0.6 is 0 Å². The lowest BCUT2D eigenvalue weighted by atomic mass is 9.90. The summed E-state index contributed by atoms with van der Waals surface area (Å²) in [5, 5.41) is 0. The topological polar surface area (TPSA) is 49.9 Å². The van der Waals surface area contributed by atoms with E-state index < -0.39 is 10.0 Å². The molecule has 0 aromatic carbocycles. The molecule has 0 unspecified atom stereocenters. The van der Waals surface area contributed by atoms with Crippen molar-refractivity contribution in [2.75, 3.05) is 38.5 Å². The van der Waals surface area contributed by atoms with Crippen molar-refractivity contribution in [2.24, 2.45) is 11.8 Å². The van der Waals surface area contributed by atoms with Crippen molar-refractivity contribution in [3.63, 3.8) is 0 Å². The molecule has 4 fully saturated rings. The molecule has 4 aliphatic heterocycles. The molecule has 4 saturated heterocycles. The summed E-state index contributed by atoms with van der Waals surface area (Å²) >= 11 is 0. The van der Waals surface area contributed by atoms with Crippen molar-refractivity contribution in [2.45, 2.75) is 50.7 Å². The molecular weight excluding hydrogens is 300 g/mol. The van der Waals surface area contributed by atoms with Gasteiger partial charge in [0, 0.05) is 32.3 Å². The van der Waals surface area contributed by atoms with Crippen LogP contribution < -0.4 is 0 Å². The van der Waals surface area contributed by atoms with Crippen LogP contribution in [0.4, 0.5) is 0 Å². The zero-order valence-corrected chi connectivity index (χ0v) is 14.1. The zero-order chi connectivity index (χ0) is 15.2. The maximum absolute atomic E-state index is 12.6. The normalized spacial score (nSPS) is 40.0. The van der Waals surface area contributed by atoms with Gasteiger partial charge < -0.3 is 4.74 Å². The first kappa shape index (κ1) is 15.4. The summed E-state index contributed by atoms with van der Waals surface area (Å²) in [4.78, 5) is 2.62. The largest absolute Gasteiger partial charge is 0.378 e. The van der Waals surface area contributed by atoms with Crippen LogP contribution in [-0.2, 0) is 14.8 Å². The molecule has 0 spiro atoms. The summed E-state index contributed by atoms with van der Waals surface area (Å²) in [6, 6.07) is 0.650. The second kappa shape index (κ2) is 6.04. The Kier molecular flexibility index (Phi) is 4.22. The third-order valence-corrected chi connectivity index (χ3v) is 8.04. The quantitative estimate of drug-likeness (QED) is 0.781. The van der Waals surface area contributed by atoms with Gasteiger partial charge in [0.15, 0.2) is 0 Å².